The summed E-state index contributed by atoms with van der Waals surface area (Å²) in [6.07, 6.45) is -7.66. The summed E-state index contributed by atoms with van der Waals surface area (Å²) in [5.41, 5.74) is 0.672. The number of fused-ring (bicyclic) bond motifs is 2. The maximum atomic E-state index is 14.2. The number of hydrogen-bond donors (Lipinski definition) is 0. The first kappa shape index (κ1) is 28.6. The third-order valence-electron chi connectivity index (χ3n) is 7.74. The number of halogens is 6. The van der Waals surface area contributed by atoms with Gasteiger partial charge >= 0.3 is 18.3 Å². The van der Waals surface area contributed by atoms with Crippen LogP contribution in [-0.2, 0) is 28.3 Å². The van der Waals surface area contributed by atoms with E-state index in [1.54, 1.807) is 12.1 Å². The molecule has 6 nitrogen and oxygen atoms in total. The van der Waals surface area contributed by atoms with Crippen LogP contribution in [0.5, 0.6) is 11.5 Å². The largest absolute Gasteiger partial charge is 0.492 e. The minimum Gasteiger partial charge on any atom is -0.492 e. The molecule has 0 spiro atoms. The Morgan fingerprint density at radius 2 is 1.72 bits per heavy atom. The zero-order chi connectivity index (χ0) is 30.5. The van der Waals surface area contributed by atoms with Crippen LogP contribution in [0.2, 0.25) is 0 Å². The molecule has 1 aromatic heterocycles. The van der Waals surface area contributed by atoms with Crippen molar-refractivity contribution in [3.8, 4) is 28.3 Å². The highest BCUT2D eigenvalue weighted by atomic mass is 19.4. The molecule has 0 amide bonds. The average molecular weight is 603 g/mol. The molecule has 224 valence electrons. The molecule has 2 heterocycles. The Balaban J connectivity index is 1.29. The number of carbonyl (C=O) groups is 1. The van der Waals surface area contributed by atoms with Crippen molar-refractivity contribution >= 4 is 5.97 Å². The smallest absolute Gasteiger partial charge is 0.435 e. The van der Waals surface area contributed by atoms with Gasteiger partial charge in [0.05, 0.1) is 31.4 Å². The van der Waals surface area contributed by atoms with Gasteiger partial charge in [0.25, 0.3) is 0 Å². The molecule has 1 aliphatic carbocycles. The number of benzene rings is 3. The zero-order valence-corrected chi connectivity index (χ0v) is 22.6. The van der Waals surface area contributed by atoms with Gasteiger partial charge in [-0.3, -0.25) is 4.79 Å². The summed E-state index contributed by atoms with van der Waals surface area (Å²) in [6, 6.07) is 14.4. The highest BCUT2D eigenvalue weighted by Crippen LogP contribution is 2.47. The van der Waals surface area contributed by atoms with E-state index in [-0.39, 0.29) is 35.1 Å². The number of hydrogen-bond acceptors (Lipinski definition) is 5. The van der Waals surface area contributed by atoms with Crippen molar-refractivity contribution in [2.75, 3.05) is 13.7 Å². The van der Waals surface area contributed by atoms with E-state index in [0.29, 0.717) is 42.1 Å². The maximum absolute atomic E-state index is 14.2. The van der Waals surface area contributed by atoms with E-state index in [1.807, 2.05) is 6.07 Å². The number of methoxy groups -OCH3 is 1. The fourth-order valence-electron chi connectivity index (χ4n) is 5.70. The zero-order valence-electron chi connectivity index (χ0n) is 22.6. The quantitative estimate of drug-likeness (QED) is 0.167. The SMILES string of the molecule is COC(=O)C[C@@H]1COc2cc(O[C@@H]3CCc4c3ccc(C(F)(F)F)c4-c3ccc(-n4ccc(C(F)(F)F)n4)cc3)ccc21. The molecule has 0 fully saturated rings. The Hall–Kier alpha value is -4.48. The average Bonchev–Trinajstić information content (AvgIpc) is 3.71. The summed E-state index contributed by atoms with van der Waals surface area (Å²) in [5, 5.41) is 3.53. The van der Waals surface area contributed by atoms with Gasteiger partial charge in [0, 0.05) is 23.7 Å². The predicted octanol–water partition coefficient (Wildman–Crippen LogP) is 7.68. The van der Waals surface area contributed by atoms with Crippen LogP contribution in [0.25, 0.3) is 16.8 Å². The molecule has 43 heavy (non-hydrogen) atoms. The Labute approximate surface area is 241 Å². The van der Waals surface area contributed by atoms with Gasteiger partial charge in [-0.15, -0.1) is 0 Å². The molecule has 3 aromatic carbocycles. The number of aromatic nitrogens is 2. The second kappa shape index (κ2) is 10.7. The summed E-state index contributed by atoms with van der Waals surface area (Å²) in [6.45, 7) is 0.326. The fourth-order valence-corrected chi connectivity index (χ4v) is 5.70. The number of esters is 1. The van der Waals surface area contributed by atoms with Gasteiger partial charge in [0.2, 0.25) is 0 Å². The van der Waals surface area contributed by atoms with Crippen molar-refractivity contribution in [3.63, 3.8) is 0 Å². The first-order chi connectivity index (χ1) is 20.4. The van der Waals surface area contributed by atoms with Gasteiger partial charge in [0.1, 0.15) is 17.6 Å². The number of alkyl halides is 6. The molecule has 4 aromatic rings. The molecular weight excluding hydrogens is 578 g/mol. The molecule has 2 atom stereocenters. The van der Waals surface area contributed by atoms with Crippen molar-refractivity contribution < 1.29 is 45.3 Å². The minimum atomic E-state index is -4.64. The number of rotatable bonds is 6. The van der Waals surface area contributed by atoms with Gasteiger partial charge in [-0.05, 0) is 65.4 Å². The monoisotopic (exact) mass is 602 g/mol. The molecule has 0 saturated carbocycles. The molecule has 0 bridgehead atoms. The van der Waals surface area contributed by atoms with Gasteiger partial charge < -0.3 is 14.2 Å². The lowest BCUT2D eigenvalue weighted by atomic mass is 9.91. The second-order valence-corrected chi connectivity index (χ2v) is 10.4. The highest BCUT2D eigenvalue weighted by molar-refractivity contribution is 5.75. The lowest BCUT2D eigenvalue weighted by Gasteiger charge is -2.20. The fraction of sp³-hybridized carbons (Fsp3) is 0.290. The van der Waals surface area contributed by atoms with Crippen molar-refractivity contribution in [2.45, 2.75) is 43.6 Å². The van der Waals surface area contributed by atoms with Crippen molar-refractivity contribution in [3.05, 3.63) is 94.8 Å². The van der Waals surface area contributed by atoms with Crippen LogP contribution >= 0.6 is 0 Å². The van der Waals surface area contributed by atoms with Crippen molar-refractivity contribution in [2.24, 2.45) is 0 Å². The third-order valence-corrected chi connectivity index (χ3v) is 7.74. The van der Waals surface area contributed by atoms with E-state index < -0.39 is 29.7 Å². The normalized spacial score (nSPS) is 17.7. The lowest BCUT2D eigenvalue weighted by Crippen LogP contribution is -2.10. The van der Waals surface area contributed by atoms with Gasteiger partial charge in [-0.25, -0.2) is 4.68 Å². The third kappa shape index (κ3) is 5.53. The maximum Gasteiger partial charge on any atom is 0.435 e. The van der Waals surface area contributed by atoms with Crippen molar-refractivity contribution in [1.82, 2.24) is 9.78 Å². The van der Waals surface area contributed by atoms with E-state index in [2.05, 4.69) is 5.10 Å². The molecular formula is C31H24F6N2O4. The van der Waals surface area contributed by atoms with Crippen LogP contribution in [0.4, 0.5) is 26.3 Å². The summed E-state index contributed by atoms with van der Waals surface area (Å²) >= 11 is 0. The molecule has 0 unspecified atom stereocenters. The van der Waals surface area contributed by atoms with E-state index in [1.165, 1.54) is 37.4 Å². The molecule has 6 rings (SSSR count). The van der Waals surface area contributed by atoms with Gasteiger partial charge in [-0.2, -0.15) is 31.4 Å². The summed E-state index contributed by atoms with van der Waals surface area (Å²) < 4.78 is 99.2. The summed E-state index contributed by atoms with van der Waals surface area (Å²) in [5.74, 6) is 0.583. The van der Waals surface area contributed by atoms with Crippen LogP contribution in [0.15, 0.2) is 66.9 Å². The Kier molecular flexibility index (Phi) is 7.10. The minimum absolute atomic E-state index is 0.0158. The van der Waals surface area contributed by atoms with E-state index in [9.17, 15) is 31.1 Å². The summed E-state index contributed by atoms with van der Waals surface area (Å²) in [4.78, 5) is 11.7. The number of carbonyl (C=O) groups excluding carboxylic acids is 1. The molecule has 0 radical (unpaired) electrons. The van der Waals surface area contributed by atoms with Crippen LogP contribution in [0, 0.1) is 0 Å². The molecule has 2 aliphatic rings. The predicted molar refractivity (Wildman–Crippen MR) is 142 cm³/mol. The topological polar surface area (TPSA) is 62.6 Å². The highest BCUT2D eigenvalue weighted by Gasteiger charge is 2.38. The standard InChI is InChI=1S/C31H24F6N2O4/c1-41-28(40)14-18-16-42-26-15-20(6-7-21(18)26)43-25-11-9-23-22(25)8-10-24(30(32,33)34)29(23)17-2-4-19(5-3-17)39-13-12-27(38-39)31(35,36)37/h2-8,10,12-13,15,18,25H,9,11,14,16H2,1H3/t18-,25-/m1/s1. The van der Waals surface area contributed by atoms with Crippen LogP contribution < -0.4 is 9.47 Å². The second-order valence-electron chi connectivity index (χ2n) is 10.4. The van der Waals surface area contributed by atoms with Gasteiger partial charge in [0.15, 0.2) is 5.69 Å². The van der Waals surface area contributed by atoms with Crippen LogP contribution in [-0.4, -0.2) is 29.5 Å². The Morgan fingerprint density at radius 3 is 2.40 bits per heavy atom. The molecule has 0 N–H and O–H groups in total. The Morgan fingerprint density at radius 1 is 0.977 bits per heavy atom. The lowest BCUT2D eigenvalue weighted by molar-refractivity contribution is -0.142. The summed E-state index contributed by atoms with van der Waals surface area (Å²) in [7, 11) is 1.32. The molecule has 12 heteroatoms. The molecule has 1 aliphatic heterocycles. The molecule has 0 saturated heterocycles. The van der Waals surface area contributed by atoms with E-state index in [0.717, 1.165) is 28.6 Å². The van der Waals surface area contributed by atoms with Gasteiger partial charge in [-0.1, -0.05) is 24.3 Å². The van der Waals surface area contributed by atoms with Crippen LogP contribution in [0.3, 0.4) is 0 Å². The number of ether oxygens (including phenoxy) is 3. The Bertz CT molecular complexity index is 1680. The van der Waals surface area contributed by atoms with Crippen molar-refractivity contribution in [1.29, 1.82) is 0 Å². The first-order valence-electron chi connectivity index (χ1n) is 13.4. The number of nitrogens with zero attached hydrogens (tertiary/aromatic N) is 2. The van der Waals surface area contributed by atoms with Crippen LogP contribution in [0.1, 0.15) is 52.8 Å². The van der Waals surface area contributed by atoms with E-state index >= 15 is 0 Å². The van der Waals surface area contributed by atoms with E-state index in [4.69, 9.17) is 14.2 Å². The first-order valence-corrected chi connectivity index (χ1v) is 13.4.